The molecule has 3 heteroatoms. The maximum atomic E-state index is 11.0. The molecule has 1 rings (SSSR count). The van der Waals surface area contributed by atoms with Gasteiger partial charge in [0.2, 0.25) is 0 Å². The van der Waals surface area contributed by atoms with E-state index in [1.54, 1.807) is 0 Å². The molecule has 0 aliphatic heterocycles. The fourth-order valence-corrected chi connectivity index (χ4v) is 3.17. The predicted molar refractivity (Wildman–Crippen MR) is 76.0 cm³/mol. The second-order valence-corrected chi connectivity index (χ2v) is 6.10. The molecule has 2 nitrogen and oxygen atoms in total. The molecule has 1 aromatic carbocycles. The molecule has 0 saturated carbocycles. The fourth-order valence-electron chi connectivity index (χ4n) is 1.38. The second-order valence-electron chi connectivity index (χ2n) is 3.69. The van der Waals surface area contributed by atoms with Crippen LogP contribution in [0.1, 0.15) is 19.3 Å². The zero-order valence-electron chi connectivity index (χ0n) is 10.6. The Labute approximate surface area is 115 Å². The second kappa shape index (κ2) is 8.73. The van der Waals surface area contributed by atoms with Crippen molar-refractivity contribution in [3.63, 3.8) is 0 Å². The molecule has 0 fully saturated rings. The van der Waals surface area contributed by atoms with Crippen molar-refractivity contribution in [1.29, 1.82) is 0 Å². The van der Waals surface area contributed by atoms with Crippen molar-refractivity contribution in [3.05, 3.63) is 53.5 Å². The van der Waals surface area contributed by atoms with Gasteiger partial charge >= 0.3 is 115 Å². The zero-order chi connectivity index (χ0) is 13.2. The number of ether oxygens (including phenoxy) is 1. The Balaban J connectivity index is 2.41. The van der Waals surface area contributed by atoms with E-state index in [1.165, 1.54) is 16.0 Å². The molecule has 18 heavy (non-hydrogen) atoms. The standard InChI is InChI=1S/C15H18O2Se/c1-3-13(9-7-8-12-15(16)17-2)18-14-10-5-4-6-11-14/h3-6,9-11H,1,7-8,12H2,2H3/b13-9-. The van der Waals surface area contributed by atoms with Gasteiger partial charge in [-0.05, 0) is 0 Å². The Hall–Kier alpha value is -1.31. The third kappa shape index (κ3) is 5.85. The molecule has 0 atom stereocenters. The normalized spacial score (nSPS) is 11.1. The summed E-state index contributed by atoms with van der Waals surface area (Å²) in [5.74, 6) is -0.142. The van der Waals surface area contributed by atoms with E-state index in [9.17, 15) is 4.79 Å². The monoisotopic (exact) mass is 310 g/mol. The van der Waals surface area contributed by atoms with Crippen LogP contribution in [-0.2, 0) is 9.53 Å². The molecule has 0 radical (unpaired) electrons. The molecule has 0 amide bonds. The van der Waals surface area contributed by atoms with E-state index in [2.05, 4.69) is 41.7 Å². The molecule has 0 aromatic heterocycles. The molecule has 1 aromatic rings. The van der Waals surface area contributed by atoms with Crippen LogP contribution in [0.25, 0.3) is 0 Å². The van der Waals surface area contributed by atoms with Gasteiger partial charge in [0.25, 0.3) is 0 Å². The van der Waals surface area contributed by atoms with Crippen LogP contribution in [0, 0.1) is 0 Å². The van der Waals surface area contributed by atoms with E-state index in [4.69, 9.17) is 0 Å². The van der Waals surface area contributed by atoms with Gasteiger partial charge in [0.15, 0.2) is 0 Å². The van der Waals surface area contributed by atoms with Crippen molar-refractivity contribution in [1.82, 2.24) is 0 Å². The molecule has 0 saturated heterocycles. The van der Waals surface area contributed by atoms with Crippen LogP contribution >= 0.6 is 0 Å². The molecule has 0 bridgehead atoms. The predicted octanol–water partition coefficient (Wildman–Crippen LogP) is 2.43. The van der Waals surface area contributed by atoms with Crippen LogP contribution in [-0.4, -0.2) is 28.0 Å². The average Bonchev–Trinajstić information content (AvgIpc) is 2.43. The van der Waals surface area contributed by atoms with Gasteiger partial charge in [-0.3, -0.25) is 0 Å². The summed E-state index contributed by atoms with van der Waals surface area (Å²) < 4.78 is 7.20. The number of unbranched alkanes of at least 4 members (excludes halogenated alkanes) is 1. The van der Waals surface area contributed by atoms with Gasteiger partial charge < -0.3 is 0 Å². The van der Waals surface area contributed by atoms with Gasteiger partial charge in [0.1, 0.15) is 0 Å². The number of esters is 1. The number of methoxy groups -OCH3 is 1. The van der Waals surface area contributed by atoms with Crippen molar-refractivity contribution in [2.24, 2.45) is 0 Å². The number of carbonyl (C=O) groups is 1. The Morgan fingerprint density at radius 3 is 2.72 bits per heavy atom. The molecule has 0 aliphatic rings. The molecular formula is C15H18O2Se. The summed E-state index contributed by atoms with van der Waals surface area (Å²) in [6.45, 7) is 3.84. The Morgan fingerprint density at radius 1 is 1.39 bits per heavy atom. The minimum absolute atomic E-state index is 0.142. The SMILES string of the molecule is C=C/C(=C/CCCC(=O)OC)[Se]c1ccccc1. The van der Waals surface area contributed by atoms with Crippen LogP contribution in [0.4, 0.5) is 0 Å². The zero-order valence-corrected chi connectivity index (χ0v) is 12.3. The summed E-state index contributed by atoms with van der Waals surface area (Å²) in [4.78, 5) is 11.0. The summed E-state index contributed by atoms with van der Waals surface area (Å²) in [6, 6.07) is 10.4. The van der Waals surface area contributed by atoms with Gasteiger partial charge in [-0.1, -0.05) is 0 Å². The van der Waals surface area contributed by atoms with Gasteiger partial charge in [-0.2, -0.15) is 0 Å². The van der Waals surface area contributed by atoms with Crippen molar-refractivity contribution in [2.75, 3.05) is 7.11 Å². The third-order valence-electron chi connectivity index (χ3n) is 2.34. The van der Waals surface area contributed by atoms with E-state index in [0.717, 1.165) is 12.8 Å². The van der Waals surface area contributed by atoms with Gasteiger partial charge in [0.05, 0.1) is 0 Å². The van der Waals surface area contributed by atoms with Gasteiger partial charge in [-0.15, -0.1) is 0 Å². The molecule has 96 valence electrons. The number of carbonyl (C=O) groups excluding carboxylic acids is 1. The van der Waals surface area contributed by atoms with Crippen molar-refractivity contribution >= 4 is 25.4 Å². The number of allylic oxidation sites excluding steroid dienone is 3. The van der Waals surface area contributed by atoms with Crippen LogP contribution in [0.2, 0.25) is 0 Å². The Kier molecular flexibility index (Phi) is 7.16. The fraction of sp³-hybridized carbons (Fsp3) is 0.267. The average molecular weight is 309 g/mol. The molecule has 0 unspecified atom stereocenters. The number of rotatable bonds is 7. The minimum atomic E-state index is -0.142. The van der Waals surface area contributed by atoms with E-state index in [0.29, 0.717) is 21.4 Å². The number of benzene rings is 1. The molecule has 0 spiro atoms. The summed E-state index contributed by atoms with van der Waals surface area (Å²) in [7, 11) is 1.42. The van der Waals surface area contributed by atoms with Crippen molar-refractivity contribution in [2.45, 2.75) is 19.3 Å². The van der Waals surface area contributed by atoms with Crippen molar-refractivity contribution in [3.8, 4) is 0 Å². The van der Waals surface area contributed by atoms with Crippen molar-refractivity contribution < 1.29 is 9.53 Å². The number of hydrogen-bond donors (Lipinski definition) is 0. The Bertz CT molecular complexity index is 410. The maximum absolute atomic E-state index is 11.0. The van der Waals surface area contributed by atoms with Gasteiger partial charge in [0, 0.05) is 0 Å². The Morgan fingerprint density at radius 2 is 2.11 bits per heavy atom. The summed E-state index contributed by atoms with van der Waals surface area (Å²) in [5, 5.41) is 0. The first-order valence-electron chi connectivity index (χ1n) is 5.88. The topological polar surface area (TPSA) is 26.3 Å². The van der Waals surface area contributed by atoms with E-state index < -0.39 is 0 Å². The first-order valence-corrected chi connectivity index (χ1v) is 7.60. The van der Waals surface area contributed by atoms with E-state index in [1.807, 2.05) is 12.1 Å². The molecule has 0 N–H and O–H groups in total. The summed E-state index contributed by atoms with van der Waals surface area (Å²) in [5.41, 5.74) is 0. The molecule has 0 heterocycles. The molecular weight excluding hydrogens is 291 g/mol. The first-order chi connectivity index (χ1) is 8.76. The number of hydrogen-bond acceptors (Lipinski definition) is 2. The van der Waals surface area contributed by atoms with Crippen LogP contribution in [0.15, 0.2) is 53.5 Å². The summed E-state index contributed by atoms with van der Waals surface area (Å²) in [6.07, 6.45) is 6.28. The quantitative estimate of drug-likeness (QED) is 0.335. The molecule has 0 aliphatic carbocycles. The van der Waals surface area contributed by atoms with Gasteiger partial charge in [-0.25, -0.2) is 0 Å². The summed E-state index contributed by atoms with van der Waals surface area (Å²) >= 11 is 0.300. The van der Waals surface area contributed by atoms with Crippen LogP contribution in [0.5, 0.6) is 0 Å². The van der Waals surface area contributed by atoms with E-state index >= 15 is 0 Å². The first kappa shape index (κ1) is 14.7. The third-order valence-corrected chi connectivity index (χ3v) is 4.60. The van der Waals surface area contributed by atoms with E-state index in [-0.39, 0.29) is 5.97 Å². The van der Waals surface area contributed by atoms with Crippen LogP contribution in [0.3, 0.4) is 0 Å². The van der Waals surface area contributed by atoms with Crippen LogP contribution < -0.4 is 4.46 Å².